The molecule has 5 nitrogen and oxygen atoms in total. The minimum absolute atomic E-state index is 0.108. The van der Waals surface area contributed by atoms with Crippen molar-refractivity contribution in [3.8, 4) is 0 Å². The van der Waals surface area contributed by atoms with Crippen molar-refractivity contribution in [2.45, 2.75) is 51.2 Å². The summed E-state index contributed by atoms with van der Waals surface area (Å²) in [6.07, 6.45) is 11.0. The van der Waals surface area contributed by atoms with Crippen LogP contribution in [-0.4, -0.2) is 48.1 Å². The van der Waals surface area contributed by atoms with E-state index in [0.717, 1.165) is 44.5 Å². The maximum absolute atomic E-state index is 12.7. The first-order chi connectivity index (χ1) is 11.8. The van der Waals surface area contributed by atoms with Crippen LogP contribution in [-0.2, 0) is 16.1 Å². The van der Waals surface area contributed by atoms with Crippen molar-refractivity contribution in [1.82, 2.24) is 15.2 Å². The fourth-order valence-electron chi connectivity index (χ4n) is 3.66. The van der Waals surface area contributed by atoms with Crippen molar-refractivity contribution in [2.24, 2.45) is 5.92 Å². The van der Waals surface area contributed by atoms with Gasteiger partial charge in [-0.2, -0.15) is 0 Å². The highest BCUT2D eigenvalue weighted by molar-refractivity contribution is 5.77. The molecule has 1 N–H and O–H groups in total. The van der Waals surface area contributed by atoms with Gasteiger partial charge in [0.05, 0.1) is 6.10 Å². The van der Waals surface area contributed by atoms with E-state index in [1.165, 1.54) is 19.3 Å². The van der Waals surface area contributed by atoms with Crippen molar-refractivity contribution in [3.63, 3.8) is 0 Å². The molecule has 2 fully saturated rings. The van der Waals surface area contributed by atoms with Crippen LogP contribution in [0.15, 0.2) is 24.5 Å². The average Bonchev–Trinajstić information content (AvgIpc) is 3.14. The Balaban J connectivity index is 1.55. The zero-order valence-electron chi connectivity index (χ0n) is 14.5. The smallest absolute Gasteiger partial charge is 0.248 e. The Labute approximate surface area is 144 Å². The third kappa shape index (κ3) is 5.28. The summed E-state index contributed by atoms with van der Waals surface area (Å²) in [6, 6.07) is 3.95. The number of nitrogens with one attached hydrogen (secondary N) is 1. The standard InChI is InChI=1S/C19H29N3O2/c23-19(15-24-18-6-2-1-3-7-18)22(14-17-8-10-21-12-17)13-16-5-4-9-20-11-16/h4-5,9,11,17-18,21H,1-3,6-8,10,12-15H2/t17-/m1/s1. The molecule has 1 aliphatic carbocycles. The van der Waals surface area contributed by atoms with E-state index in [0.29, 0.717) is 12.5 Å². The van der Waals surface area contributed by atoms with Crippen LogP contribution in [0.2, 0.25) is 0 Å². The first-order valence-corrected chi connectivity index (χ1v) is 9.30. The molecule has 0 bridgehead atoms. The molecule has 0 aromatic carbocycles. The number of carbonyl (C=O) groups is 1. The zero-order chi connectivity index (χ0) is 16.6. The van der Waals surface area contributed by atoms with Crippen LogP contribution in [0.25, 0.3) is 0 Å². The molecular formula is C19H29N3O2. The lowest BCUT2D eigenvalue weighted by Crippen LogP contribution is -2.38. The number of ether oxygens (including phenoxy) is 1. The maximum atomic E-state index is 12.7. The van der Waals surface area contributed by atoms with E-state index < -0.39 is 0 Å². The second-order valence-corrected chi connectivity index (χ2v) is 7.07. The molecule has 1 aromatic heterocycles. The number of amides is 1. The van der Waals surface area contributed by atoms with Gasteiger partial charge >= 0.3 is 0 Å². The summed E-state index contributed by atoms with van der Waals surface area (Å²) in [4.78, 5) is 18.9. The third-order valence-corrected chi connectivity index (χ3v) is 5.08. The number of carbonyl (C=O) groups excluding carboxylic acids is 1. The Hall–Kier alpha value is -1.46. The van der Waals surface area contributed by atoms with Crippen molar-refractivity contribution < 1.29 is 9.53 Å². The van der Waals surface area contributed by atoms with Gasteiger partial charge in [0.15, 0.2) is 0 Å². The number of rotatable bonds is 7. The largest absolute Gasteiger partial charge is 0.368 e. The summed E-state index contributed by atoms with van der Waals surface area (Å²) in [5.41, 5.74) is 1.08. The maximum Gasteiger partial charge on any atom is 0.248 e. The lowest BCUT2D eigenvalue weighted by Gasteiger charge is -2.27. The van der Waals surface area contributed by atoms with E-state index in [1.54, 1.807) is 6.20 Å². The van der Waals surface area contributed by atoms with E-state index in [1.807, 2.05) is 23.2 Å². The molecule has 2 aliphatic rings. The minimum atomic E-state index is 0.108. The lowest BCUT2D eigenvalue weighted by molar-refractivity contribution is -0.140. The lowest BCUT2D eigenvalue weighted by atomic mass is 9.98. The summed E-state index contributed by atoms with van der Waals surface area (Å²) >= 11 is 0. The summed E-state index contributed by atoms with van der Waals surface area (Å²) in [6.45, 7) is 3.69. The SMILES string of the molecule is O=C(COC1CCCCC1)N(Cc1cccnc1)C[C@@H]1CCNC1. The average molecular weight is 331 g/mol. The van der Waals surface area contributed by atoms with Crippen LogP contribution in [0.4, 0.5) is 0 Å². The Morgan fingerprint density at radius 2 is 2.17 bits per heavy atom. The van der Waals surface area contributed by atoms with Gasteiger partial charge in [0.2, 0.25) is 5.91 Å². The molecule has 0 spiro atoms. The molecule has 2 heterocycles. The van der Waals surface area contributed by atoms with Crippen molar-refractivity contribution in [2.75, 3.05) is 26.2 Å². The molecule has 5 heteroatoms. The molecule has 0 radical (unpaired) electrons. The highest BCUT2D eigenvalue weighted by Crippen LogP contribution is 2.20. The fraction of sp³-hybridized carbons (Fsp3) is 0.684. The van der Waals surface area contributed by atoms with Gasteiger partial charge in [-0.25, -0.2) is 0 Å². The van der Waals surface area contributed by atoms with Gasteiger partial charge in [-0.05, 0) is 49.9 Å². The number of hydrogen-bond acceptors (Lipinski definition) is 4. The molecule has 1 atom stereocenters. The Morgan fingerprint density at radius 1 is 1.29 bits per heavy atom. The van der Waals surface area contributed by atoms with E-state index in [4.69, 9.17) is 4.74 Å². The number of aromatic nitrogens is 1. The summed E-state index contributed by atoms with van der Waals surface area (Å²) in [5, 5.41) is 3.38. The van der Waals surface area contributed by atoms with Crippen LogP contribution >= 0.6 is 0 Å². The zero-order valence-corrected chi connectivity index (χ0v) is 14.5. The van der Waals surface area contributed by atoms with Crippen molar-refractivity contribution >= 4 is 5.91 Å². The Kier molecular flexibility index (Phi) is 6.61. The highest BCUT2D eigenvalue weighted by Gasteiger charge is 2.23. The van der Waals surface area contributed by atoms with Crippen LogP contribution in [0.1, 0.15) is 44.1 Å². The second-order valence-electron chi connectivity index (χ2n) is 7.07. The second kappa shape index (κ2) is 9.14. The van der Waals surface area contributed by atoms with E-state index in [9.17, 15) is 4.79 Å². The van der Waals surface area contributed by atoms with Crippen molar-refractivity contribution in [1.29, 1.82) is 0 Å². The molecular weight excluding hydrogens is 302 g/mol. The van der Waals surface area contributed by atoms with Crippen LogP contribution < -0.4 is 5.32 Å². The molecule has 132 valence electrons. The fourth-order valence-corrected chi connectivity index (χ4v) is 3.66. The molecule has 0 unspecified atom stereocenters. The van der Waals surface area contributed by atoms with Gasteiger partial charge in [-0.3, -0.25) is 9.78 Å². The van der Waals surface area contributed by atoms with Gasteiger partial charge in [-0.1, -0.05) is 25.3 Å². The highest BCUT2D eigenvalue weighted by atomic mass is 16.5. The molecule has 1 aromatic rings. The monoisotopic (exact) mass is 331 g/mol. The van der Waals surface area contributed by atoms with Gasteiger partial charge in [0, 0.05) is 25.5 Å². The number of hydrogen-bond donors (Lipinski definition) is 1. The Bertz CT molecular complexity index is 497. The predicted molar refractivity (Wildman–Crippen MR) is 93.5 cm³/mol. The summed E-state index contributed by atoms with van der Waals surface area (Å²) in [7, 11) is 0. The van der Waals surface area contributed by atoms with Crippen LogP contribution in [0.3, 0.4) is 0 Å². The molecule has 24 heavy (non-hydrogen) atoms. The third-order valence-electron chi connectivity index (χ3n) is 5.08. The Morgan fingerprint density at radius 3 is 2.88 bits per heavy atom. The van der Waals surface area contributed by atoms with Crippen molar-refractivity contribution in [3.05, 3.63) is 30.1 Å². The van der Waals surface area contributed by atoms with E-state index in [-0.39, 0.29) is 18.6 Å². The van der Waals surface area contributed by atoms with Gasteiger partial charge in [0.25, 0.3) is 0 Å². The molecule has 1 amide bonds. The van der Waals surface area contributed by atoms with Gasteiger partial charge in [0.1, 0.15) is 6.61 Å². The summed E-state index contributed by atoms with van der Waals surface area (Å²) < 4.78 is 5.91. The molecule has 3 rings (SSSR count). The van der Waals surface area contributed by atoms with E-state index in [2.05, 4.69) is 10.3 Å². The minimum Gasteiger partial charge on any atom is -0.368 e. The van der Waals surface area contributed by atoms with Crippen LogP contribution in [0.5, 0.6) is 0 Å². The van der Waals surface area contributed by atoms with Gasteiger partial charge < -0.3 is 15.0 Å². The van der Waals surface area contributed by atoms with Crippen LogP contribution in [0, 0.1) is 5.92 Å². The topological polar surface area (TPSA) is 54.5 Å². The molecule has 1 saturated carbocycles. The number of pyridine rings is 1. The quantitative estimate of drug-likeness (QED) is 0.833. The first-order valence-electron chi connectivity index (χ1n) is 9.30. The molecule has 1 saturated heterocycles. The number of nitrogens with zero attached hydrogens (tertiary/aromatic N) is 2. The predicted octanol–water partition coefficient (Wildman–Crippen LogP) is 2.37. The van der Waals surface area contributed by atoms with E-state index >= 15 is 0 Å². The van der Waals surface area contributed by atoms with Gasteiger partial charge in [-0.15, -0.1) is 0 Å². The first kappa shape index (κ1) is 17.4. The molecule has 1 aliphatic heterocycles. The summed E-state index contributed by atoms with van der Waals surface area (Å²) in [5.74, 6) is 0.650. The normalized spacial score (nSPS) is 21.8.